The molecule has 4 aromatic rings. The number of fused-ring (bicyclic) bond motifs is 1. The van der Waals surface area contributed by atoms with Crippen LogP contribution >= 0.6 is 12.4 Å². The Balaban J connectivity index is 0.00000240. The smallest absolute Gasteiger partial charge is 0.269 e. The van der Waals surface area contributed by atoms with E-state index < -0.39 is 16.0 Å². The maximum atomic E-state index is 13.2. The van der Waals surface area contributed by atoms with E-state index >= 15 is 0 Å². The van der Waals surface area contributed by atoms with Crippen molar-refractivity contribution in [1.82, 2.24) is 19.3 Å². The molecular weight excluding hydrogens is 415 g/mol. The van der Waals surface area contributed by atoms with E-state index in [9.17, 15) is 12.8 Å². The molecule has 1 N–H and O–H groups in total. The number of halogens is 2. The largest absolute Gasteiger partial charge is 0.316 e. The molecule has 1 aromatic carbocycles. The summed E-state index contributed by atoms with van der Waals surface area (Å²) in [5, 5.41) is 3.88. The molecule has 0 aliphatic heterocycles. The summed E-state index contributed by atoms with van der Waals surface area (Å²) in [7, 11) is -2.02. The minimum atomic E-state index is -3.82. The second-order valence-electron chi connectivity index (χ2n) is 6.28. The highest BCUT2D eigenvalue weighted by Crippen LogP contribution is 2.30. The van der Waals surface area contributed by atoms with Crippen LogP contribution in [0.4, 0.5) is 4.39 Å². The normalized spacial score (nSPS) is 11.4. The van der Waals surface area contributed by atoms with Gasteiger partial charge in [-0.05, 0) is 48.5 Å². The zero-order valence-electron chi connectivity index (χ0n) is 15.4. The second kappa shape index (κ2) is 8.28. The highest BCUT2D eigenvalue weighted by atomic mass is 35.5. The van der Waals surface area contributed by atoms with E-state index in [-0.39, 0.29) is 17.3 Å². The zero-order valence-corrected chi connectivity index (χ0v) is 17.0. The number of nitrogens with zero attached hydrogens (tertiary/aromatic N) is 3. The number of aromatic nitrogens is 3. The molecule has 0 spiro atoms. The zero-order chi connectivity index (χ0) is 19.7. The Morgan fingerprint density at radius 3 is 2.55 bits per heavy atom. The quantitative estimate of drug-likeness (QED) is 0.487. The van der Waals surface area contributed by atoms with Crippen LogP contribution in [0.15, 0.2) is 72.1 Å². The molecule has 0 amide bonds. The van der Waals surface area contributed by atoms with Crippen molar-refractivity contribution >= 4 is 33.3 Å². The van der Waals surface area contributed by atoms with Crippen LogP contribution in [0.3, 0.4) is 0 Å². The lowest BCUT2D eigenvalue weighted by atomic mass is 10.0. The van der Waals surface area contributed by atoms with Gasteiger partial charge in [0.2, 0.25) is 5.95 Å². The second-order valence-corrected chi connectivity index (χ2v) is 8.09. The van der Waals surface area contributed by atoms with E-state index in [1.807, 2.05) is 12.1 Å². The van der Waals surface area contributed by atoms with Gasteiger partial charge in [-0.2, -0.15) is 4.39 Å². The summed E-state index contributed by atoms with van der Waals surface area (Å²) >= 11 is 0. The molecule has 0 aliphatic carbocycles. The Labute approximate surface area is 173 Å². The summed E-state index contributed by atoms with van der Waals surface area (Å²) in [6.45, 7) is 0.517. The Morgan fingerprint density at radius 2 is 1.90 bits per heavy atom. The van der Waals surface area contributed by atoms with Gasteiger partial charge in [0.1, 0.15) is 4.90 Å². The fourth-order valence-electron chi connectivity index (χ4n) is 3.14. The van der Waals surface area contributed by atoms with Crippen molar-refractivity contribution in [3.63, 3.8) is 0 Å². The summed E-state index contributed by atoms with van der Waals surface area (Å²) < 4.78 is 40.8. The summed E-state index contributed by atoms with van der Waals surface area (Å²) in [6.07, 6.45) is 5.90. The molecule has 0 aliphatic rings. The molecule has 0 unspecified atom stereocenters. The monoisotopic (exact) mass is 432 g/mol. The molecular formula is C20H18ClFN4O2S. The van der Waals surface area contributed by atoms with E-state index in [1.165, 1.54) is 34.7 Å². The highest BCUT2D eigenvalue weighted by Gasteiger charge is 2.21. The van der Waals surface area contributed by atoms with Gasteiger partial charge in [-0.15, -0.1) is 12.4 Å². The van der Waals surface area contributed by atoms with E-state index in [2.05, 4.69) is 15.3 Å². The van der Waals surface area contributed by atoms with Gasteiger partial charge in [-0.25, -0.2) is 17.4 Å². The summed E-state index contributed by atoms with van der Waals surface area (Å²) in [6, 6.07) is 11.5. The predicted molar refractivity (Wildman–Crippen MR) is 112 cm³/mol. The third kappa shape index (κ3) is 3.87. The van der Waals surface area contributed by atoms with Crippen molar-refractivity contribution in [3.8, 4) is 11.1 Å². The molecule has 6 nitrogen and oxygen atoms in total. The van der Waals surface area contributed by atoms with E-state index in [4.69, 9.17) is 0 Å². The molecule has 3 heterocycles. The standard InChI is InChI=1S/C20H17FN4O2S.ClH/c1-22-10-16-13-25(28(26,27)17-3-2-8-23-12-17)19-9-14(4-6-18(16)19)15-5-7-20(21)24-11-15;/h2-9,11-13,22H,10H2,1H3;1H. The summed E-state index contributed by atoms with van der Waals surface area (Å²) in [5.74, 6) is -0.566. The Bertz CT molecular complexity index is 1240. The fraction of sp³-hybridized carbons (Fsp3) is 0.100. The lowest BCUT2D eigenvalue weighted by molar-refractivity contribution is 0.584. The SMILES string of the molecule is CNCc1cn(S(=O)(=O)c2cccnc2)c2cc(-c3ccc(F)nc3)ccc12.Cl. The first-order valence-corrected chi connectivity index (χ1v) is 10.0. The third-order valence-electron chi connectivity index (χ3n) is 4.47. The first-order chi connectivity index (χ1) is 13.5. The average Bonchev–Trinajstić information content (AvgIpc) is 3.08. The fourth-order valence-corrected chi connectivity index (χ4v) is 4.48. The van der Waals surface area contributed by atoms with Crippen LogP contribution in [-0.2, 0) is 16.6 Å². The maximum absolute atomic E-state index is 13.2. The lowest BCUT2D eigenvalue weighted by Crippen LogP contribution is -2.12. The topological polar surface area (TPSA) is 76.9 Å². The highest BCUT2D eigenvalue weighted by molar-refractivity contribution is 7.90. The number of hydrogen-bond acceptors (Lipinski definition) is 5. The number of benzene rings is 1. The van der Waals surface area contributed by atoms with Gasteiger partial charge in [0.05, 0.1) is 5.52 Å². The molecule has 3 aromatic heterocycles. The van der Waals surface area contributed by atoms with Crippen LogP contribution < -0.4 is 5.32 Å². The molecule has 9 heteroatoms. The third-order valence-corrected chi connectivity index (χ3v) is 6.13. The van der Waals surface area contributed by atoms with Gasteiger partial charge >= 0.3 is 0 Å². The Kier molecular flexibility index (Phi) is 5.97. The van der Waals surface area contributed by atoms with Crippen LogP contribution in [0.25, 0.3) is 22.0 Å². The van der Waals surface area contributed by atoms with E-state index in [1.54, 1.807) is 31.4 Å². The van der Waals surface area contributed by atoms with Crippen molar-refractivity contribution in [1.29, 1.82) is 0 Å². The average molecular weight is 433 g/mol. The van der Waals surface area contributed by atoms with Crippen LogP contribution in [0, 0.1) is 5.95 Å². The Morgan fingerprint density at radius 1 is 1.10 bits per heavy atom. The van der Waals surface area contributed by atoms with Crippen LogP contribution in [-0.4, -0.2) is 29.4 Å². The van der Waals surface area contributed by atoms with Gasteiger partial charge in [0.15, 0.2) is 0 Å². The molecule has 29 heavy (non-hydrogen) atoms. The summed E-state index contributed by atoms with van der Waals surface area (Å²) in [4.78, 5) is 7.71. The van der Waals surface area contributed by atoms with Crippen molar-refractivity contribution in [2.45, 2.75) is 11.4 Å². The van der Waals surface area contributed by atoms with Crippen molar-refractivity contribution in [2.75, 3.05) is 7.05 Å². The molecule has 0 fully saturated rings. The molecule has 4 rings (SSSR count). The lowest BCUT2D eigenvalue weighted by Gasteiger charge is -2.08. The van der Waals surface area contributed by atoms with Crippen LogP contribution in [0.1, 0.15) is 5.56 Å². The van der Waals surface area contributed by atoms with Gasteiger partial charge in [0, 0.05) is 42.3 Å². The summed E-state index contributed by atoms with van der Waals surface area (Å²) in [5.41, 5.74) is 2.84. The van der Waals surface area contributed by atoms with Crippen molar-refractivity contribution in [3.05, 3.63) is 78.8 Å². The van der Waals surface area contributed by atoms with Crippen molar-refractivity contribution < 1.29 is 12.8 Å². The van der Waals surface area contributed by atoms with Gasteiger partial charge in [-0.3, -0.25) is 4.98 Å². The molecule has 0 bridgehead atoms. The van der Waals surface area contributed by atoms with Gasteiger partial charge in [0.25, 0.3) is 10.0 Å². The van der Waals surface area contributed by atoms with Crippen LogP contribution in [0.5, 0.6) is 0 Å². The minimum Gasteiger partial charge on any atom is -0.316 e. The number of nitrogens with one attached hydrogen (secondary N) is 1. The molecule has 0 saturated heterocycles. The Hall–Kier alpha value is -2.81. The number of pyridine rings is 2. The first-order valence-electron chi connectivity index (χ1n) is 8.57. The maximum Gasteiger partial charge on any atom is 0.269 e. The van der Waals surface area contributed by atoms with E-state index in [0.29, 0.717) is 17.6 Å². The van der Waals surface area contributed by atoms with E-state index in [0.717, 1.165) is 16.5 Å². The first kappa shape index (κ1) is 20.9. The molecule has 150 valence electrons. The molecule has 0 radical (unpaired) electrons. The number of rotatable bonds is 5. The van der Waals surface area contributed by atoms with Gasteiger partial charge in [-0.1, -0.05) is 12.1 Å². The minimum absolute atomic E-state index is 0. The number of hydrogen-bond donors (Lipinski definition) is 1. The predicted octanol–water partition coefficient (Wildman–Crippen LogP) is 3.62. The molecule has 0 saturated carbocycles. The van der Waals surface area contributed by atoms with Gasteiger partial charge < -0.3 is 5.32 Å². The van der Waals surface area contributed by atoms with Crippen molar-refractivity contribution in [2.24, 2.45) is 0 Å². The van der Waals surface area contributed by atoms with Crippen LogP contribution in [0.2, 0.25) is 0 Å². The molecule has 0 atom stereocenters.